The Kier molecular flexibility index (Phi) is 8.89. The molecule has 0 atom stereocenters. The lowest BCUT2D eigenvalue weighted by molar-refractivity contribution is 0.00714. The predicted molar refractivity (Wildman–Crippen MR) is 116 cm³/mol. The molecule has 1 spiro atoms. The average Bonchev–Trinajstić information content (AvgIpc) is 2.67. The number of hydrogen-bond donors (Lipinski definition) is 1. The molecule has 31 heavy (non-hydrogen) atoms. The van der Waals surface area contributed by atoms with Crippen LogP contribution in [0.1, 0.15) is 64.4 Å². The Labute approximate surface area is 185 Å². The second-order valence-electron chi connectivity index (χ2n) is 8.40. The van der Waals surface area contributed by atoms with Crippen molar-refractivity contribution in [3.05, 3.63) is 17.7 Å². The summed E-state index contributed by atoms with van der Waals surface area (Å²) in [6.45, 7) is 8.62. The largest absolute Gasteiger partial charge is 0.381 e. The topological polar surface area (TPSA) is 84.4 Å². The first-order valence-corrected chi connectivity index (χ1v) is 12.5. The van der Waals surface area contributed by atoms with Crippen LogP contribution in [0.3, 0.4) is 0 Å². The van der Waals surface area contributed by atoms with E-state index in [2.05, 4.69) is 15.3 Å². The lowest BCUT2D eigenvalue weighted by Crippen LogP contribution is -2.71. The maximum Gasteiger partial charge on any atom is 0.303 e. The predicted octanol–water partition coefficient (Wildman–Crippen LogP) is 3.48. The van der Waals surface area contributed by atoms with E-state index in [9.17, 15) is 17.2 Å². The van der Waals surface area contributed by atoms with Gasteiger partial charge in [0.2, 0.25) is 10.0 Å². The number of rotatable bonds is 4. The minimum Gasteiger partial charge on any atom is -0.381 e. The molecule has 0 aromatic carbocycles. The van der Waals surface area contributed by atoms with Crippen molar-refractivity contribution in [3.63, 3.8) is 0 Å². The molecule has 1 aliphatic carbocycles. The minimum atomic E-state index is -3.71. The fourth-order valence-electron chi connectivity index (χ4n) is 3.93. The molecule has 4 rings (SSSR count). The second kappa shape index (κ2) is 10.6. The van der Waals surface area contributed by atoms with E-state index in [1.54, 1.807) is 0 Å². The molecule has 0 bridgehead atoms. The van der Waals surface area contributed by atoms with Gasteiger partial charge in [0, 0.05) is 45.6 Å². The number of ether oxygens (including phenoxy) is 1. The fourth-order valence-corrected chi connectivity index (χ4v) is 5.71. The molecule has 3 fully saturated rings. The molecular weight excluding hydrogens is 426 g/mol. The van der Waals surface area contributed by atoms with Gasteiger partial charge in [0.25, 0.3) is 0 Å². The van der Waals surface area contributed by atoms with Gasteiger partial charge in [-0.2, -0.15) is 13.1 Å². The van der Waals surface area contributed by atoms with E-state index in [-0.39, 0.29) is 16.0 Å². The lowest BCUT2D eigenvalue weighted by atomic mass is 9.76. The zero-order chi connectivity index (χ0) is 23.3. The van der Waals surface area contributed by atoms with Crippen molar-refractivity contribution in [2.75, 3.05) is 33.3 Å². The molecular formula is C21H36F2N4O3S. The van der Waals surface area contributed by atoms with Gasteiger partial charge in [0.05, 0.1) is 18.0 Å². The highest BCUT2D eigenvalue weighted by Crippen LogP contribution is 2.38. The van der Waals surface area contributed by atoms with Gasteiger partial charge in [-0.25, -0.2) is 18.4 Å². The van der Waals surface area contributed by atoms with Crippen LogP contribution in [0.5, 0.6) is 0 Å². The molecule has 178 valence electrons. The van der Waals surface area contributed by atoms with Crippen LogP contribution < -0.4 is 5.32 Å². The normalized spacial score (nSPS) is 21.1. The van der Waals surface area contributed by atoms with Crippen LogP contribution in [0.2, 0.25) is 0 Å². The molecule has 1 aromatic heterocycles. The summed E-state index contributed by atoms with van der Waals surface area (Å²) < 4.78 is 57.8. The number of halogens is 2. The highest BCUT2D eigenvalue weighted by Gasteiger charge is 2.52. The first-order chi connectivity index (χ1) is 14.6. The third-order valence-electron chi connectivity index (χ3n) is 5.85. The Morgan fingerprint density at radius 1 is 1.19 bits per heavy atom. The second-order valence-corrected chi connectivity index (χ2v) is 10.3. The van der Waals surface area contributed by atoms with Gasteiger partial charge in [0.15, 0.2) is 5.82 Å². The zero-order valence-corrected chi connectivity index (χ0v) is 20.1. The Morgan fingerprint density at radius 3 is 2.16 bits per heavy atom. The number of aryl methyl sites for hydroxylation is 1. The molecule has 3 aliphatic rings. The van der Waals surface area contributed by atoms with Crippen LogP contribution in [-0.4, -0.2) is 62.1 Å². The first kappa shape index (κ1) is 26.0. The lowest BCUT2D eigenvalue weighted by Gasteiger charge is -2.55. The van der Waals surface area contributed by atoms with Gasteiger partial charge in [-0.1, -0.05) is 33.1 Å². The summed E-state index contributed by atoms with van der Waals surface area (Å²) >= 11 is 0. The molecule has 1 saturated carbocycles. The highest BCUT2D eigenvalue weighted by molar-refractivity contribution is 7.89. The van der Waals surface area contributed by atoms with Crippen LogP contribution in [0.25, 0.3) is 0 Å². The van der Waals surface area contributed by atoms with E-state index in [0.717, 1.165) is 19.3 Å². The van der Waals surface area contributed by atoms with Gasteiger partial charge in [-0.05, 0) is 19.8 Å². The Morgan fingerprint density at radius 2 is 1.77 bits per heavy atom. The Hall–Kier alpha value is -1.23. The van der Waals surface area contributed by atoms with Gasteiger partial charge in [-0.3, -0.25) is 0 Å². The van der Waals surface area contributed by atoms with E-state index in [0.29, 0.717) is 26.1 Å². The molecule has 3 heterocycles. The van der Waals surface area contributed by atoms with E-state index >= 15 is 0 Å². The summed E-state index contributed by atoms with van der Waals surface area (Å²) in [6.07, 6.45) is 8.31. The van der Waals surface area contributed by atoms with Crippen LogP contribution in [0.15, 0.2) is 11.1 Å². The molecule has 0 radical (unpaired) electrons. The fraction of sp³-hybridized carbons (Fsp3) is 0.810. The quantitative estimate of drug-likeness (QED) is 0.738. The maximum absolute atomic E-state index is 13.2. The minimum absolute atomic E-state index is 0.0502. The summed E-state index contributed by atoms with van der Waals surface area (Å²) in [5, 5.41) is 3.12. The molecule has 0 amide bonds. The van der Waals surface area contributed by atoms with Gasteiger partial charge >= 0.3 is 5.92 Å². The molecule has 7 nitrogen and oxygen atoms in total. The van der Waals surface area contributed by atoms with E-state index < -0.39 is 21.8 Å². The van der Waals surface area contributed by atoms with Crippen molar-refractivity contribution >= 4 is 10.0 Å². The molecule has 10 heteroatoms. The highest BCUT2D eigenvalue weighted by atomic mass is 32.2. The molecule has 2 aliphatic heterocycles. The van der Waals surface area contributed by atoms with Gasteiger partial charge in [-0.15, -0.1) is 0 Å². The van der Waals surface area contributed by atoms with Crippen molar-refractivity contribution in [2.45, 2.75) is 76.7 Å². The number of alkyl halides is 2. The van der Waals surface area contributed by atoms with Crippen LogP contribution in [-0.2, 0) is 20.7 Å². The van der Waals surface area contributed by atoms with E-state index in [1.807, 2.05) is 21.0 Å². The first-order valence-electron chi connectivity index (χ1n) is 11.0. The summed E-state index contributed by atoms with van der Waals surface area (Å²) in [4.78, 5) is 7.05. The third-order valence-corrected chi connectivity index (χ3v) is 7.75. The van der Waals surface area contributed by atoms with Crippen molar-refractivity contribution in [1.82, 2.24) is 19.6 Å². The monoisotopic (exact) mass is 462 g/mol. The van der Waals surface area contributed by atoms with Crippen molar-refractivity contribution < 1.29 is 21.9 Å². The summed E-state index contributed by atoms with van der Waals surface area (Å²) in [7, 11) is -1.89. The SMILES string of the molecule is CC.COC1CCCCC1.Cc1nc(C(C)(F)F)ncc1S(=O)(=O)N1CC2(CNC2)C1. The number of nitrogens with one attached hydrogen (secondary N) is 1. The smallest absolute Gasteiger partial charge is 0.303 e. The van der Waals surface area contributed by atoms with E-state index in [4.69, 9.17) is 4.74 Å². The third kappa shape index (κ3) is 6.18. The zero-order valence-electron chi connectivity index (χ0n) is 19.2. The molecule has 0 unspecified atom stereocenters. The van der Waals surface area contributed by atoms with Crippen LogP contribution >= 0.6 is 0 Å². The number of hydrogen-bond acceptors (Lipinski definition) is 6. The summed E-state index contributed by atoms with van der Waals surface area (Å²) in [6, 6.07) is 0. The average molecular weight is 463 g/mol. The number of nitrogens with zero attached hydrogens (tertiary/aromatic N) is 3. The molecule has 1 N–H and O–H groups in total. The molecule has 1 aromatic rings. The number of methoxy groups -OCH3 is 1. The van der Waals surface area contributed by atoms with E-state index in [1.165, 1.54) is 43.3 Å². The van der Waals surface area contributed by atoms with Crippen LogP contribution in [0, 0.1) is 12.3 Å². The Bertz CT molecular complexity index is 812. The number of aromatic nitrogens is 2. The Balaban J connectivity index is 0.000000286. The van der Waals surface area contributed by atoms with Gasteiger partial charge < -0.3 is 10.1 Å². The standard InChI is InChI=1S/C12H16F2N4O2S.C7H14O.C2H6/c1-8-9(3-16-10(17-8)11(2,13)14)21(19,20)18-6-12(7-18)4-15-5-12;1-8-7-5-3-2-4-6-7;1-2/h3,15H,4-7H2,1-2H3;7H,2-6H2,1H3;1-2H3. The maximum atomic E-state index is 13.2. The summed E-state index contributed by atoms with van der Waals surface area (Å²) in [5.41, 5.74) is 0.104. The molecule has 2 saturated heterocycles. The van der Waals surface area contributed by atoms with Crippen molar-refractivity contribution in [3.8, 4) is 0 Å². The van der Waals surface area contributed by atoms with Gasteiger partial charge in [0.1, 0.15) is 4.90 Å². The number of sulfonamides is 1. The summed E-state index contributed by atoms with van der Waals surface area (Å²) in [5.74, 6) is -3.85. The van der Waals surface area contributed by atoms with Crippen molar-refractivity contribution in [2.24, 2.45) is 5.41 Å². The van der Waals surface area contributed by atoms with Crippen molar-refractivity contribution in [1.29, 1.82) is 0 Å². The van der Waals surface area contributed by atoms with Crippen LogP contribution in [0.4, 0.5) is 8.78 Å².